The van der Waals surface area contributed by atoms with Crippen molar-refractivity contribution >= 4 is 15.9 Å². The lowest BCUT2D eigenvalue weighted by atomic mass is 10.2. The van der Waals surface area contributed by atoms with Gasteiger partial charge in [0.05, 0.1) is 12.2 Å². The molecule has 0 saturated carbocycles. The summed E-state index contributed by atoms with van der Waals surface area (Å²) < 4.78 is 3.02. The summed E-state index contributed by atoms with van der Waals surface area (Å²) in [5.41, 5.74) is 4.74. The third-order valence-corrected chi connectivity index (χ3v) is 3.27. The molecule has 0 aliphatic rings. The van der Waals surface area contributed by atoms with Gasteiger partial charge in [-0.1, -0.05) is 0 Å². The minimum atomic E-state index is 0.771. The molecule has 0 aromatic carbocycles. The smallest absolute Gasteiger partial charge is 0.0678 e. The highest BCUT2D eigenvalue weighted by atomic mass is 79.9. The number of aromatic nitrogens is 3. The molecular weight excluding hydrogens is 266 g/mol. The molecule has 84 valence electrons. The van der Waals surface area contributed by atoms with Crippen molar-refractivity contribution < 1.29 is 0 Å². The van der Waals surface area contributed by atoms with E-state index in [0.717, 1.165) is 22.3 Å². The summed E-state index contributed by atoms with van der Waals surface area (Å²) >= 11 is 3.42. The number of nitrogens with zero attached hydrogens (tertiary/aromatic N) is 3. The molecule has 0 spiro atoms. The maximum absolute atomic E-state index is 4.51. The maximum atomic E-state index is 4.51. The molecule has 16 heavy (non-hydrogen) atoms. The minimum absolute atomic E-state index is 0.771. The van der Waals surface area contributed by atoms with Gasteiger partial charge in [-0.3, -0.25) is 9.67 Å². The van der Waals surface area contributed by atoms with Crippen LogP contribution in [0.25, 0.3) is 0 Å². The average Bonchev–Trinajstić information content (AvgIpc) is 2.47. The van der Waals surface area contributed by atoms with Crippen molar-refractivity contribution in [1.82, 2.24) is 14.8 Å². The monoisotopic (exact) mass is 279 g/mol. The largest absolute Gasteiger partial charge is 0.265 e. The Hall–Kier alpha value is -1.16. The lowest BCUT2D eigenvalue weighted by Crippen LogP contribution is -2.04. The first kappa shape index (κ1) is 11.3. The van der Waals surface area contributed by atoms with Crippen LogP contribution in [0, 0.1) is 20.8 Å². The van der Waals surface area contributed by atoms with E-state index in [1.54, 1.807) is 6.20 Å². The van der Waals surface area contributed by atoms with Gasteiger partial charge in [0.2, 0.25) is 0 Å². The summed E-state index contributed by atoms with van der Waals surface area (Å²) in [6.07, 6.45) is 3.66. The molecule has 2 aromatic rings. The standard InChI is InChI=1S/C12H14BrN3/c1-8-9(2)15-16(10(8)3)7-11-4-12(13)6-14-5-11/h4-6H,7H2,1-3H3. The van der Waals surface area contributed by atoms with Crippen molar-refractivity contribution in [3.05, 3.63) is 45.4 Å². The first-order valence-corrected chi connectivity index (χ1v) is 5.97. The Labute approximate surface area is 104 Å². The Bertz CT molecular complexity index is 517. The molecule has 0 N–H and O–H groups in total. The molecule has 0 aliphatic heterocycles. The maximum Gasteiger partial charge on any atom is 0.0678 e. The van der Waals surface area contributed by atoms with E-state index in [9.17, 15) is 0 Å². The van der Waals surface area contributed by atoms with E-state index >= 15 is 0 Å². The van der Waals surface area contributed by atoms with Crippen molar-refractivity contribution in [2.45, 2.75) is 27.3 Å². The number of hydrogen-bond donors (Lipinski definition) is 0. The van der Waals surface area contributed by atoms with Gasteiger partial charge in [-0.25, -0.2) is 0 Å². The molecule has 4 heteroatoms. The van der Waals surface area contributed by atoms with Crippen LogP contribution in [-0.4, -0.2) is 14.8 Å². The van der Waals surface area contributed by atoms with Crippen LogP contribution >= 0.6 is 15.9 Å². The van der Waals surface area contributed by atoms with Crippen LogP contribution in [0.3, 0.4) is 0 Å². The van der Waals surface area contributed by atoms with Crippen LogP contribution in [0.1, 0.15) is 22.5 Å². The molecule has 2 rings (SSSR count). The van der Waals surface area contributed by atoms with Gasteiger partial charge in [-0.15, -0.1) is 0 Å². The Kier molecular flexibility index (Phi) is 3.10. The summed E-state index contributed by atoms with van der Waals surface area (Å²) in [7, 11) is 0. The molecule has 2 aromatic heterocycles. The second-order valence-electron chi connectivity index (χ2n) is 3.96. The number of pyridine rings is 1. The van der Waals surface area contributed by atoms with Crippen molar-refractivity contribution in [1.29, 1.82) is 0 Å². The highest BCUT2D eigenvalue weighted by Crippen LogP contribution is 2.15. The fourth-order valence-corrected chi connectivity index (χ4v) is 2.07. The van der Waals surface area contributed by atoms with Gasteiger partial charge in [-0.2, -0.15) is 5.10 Å². The van der Waals surface area contributed by atoms with Crippen molar-refractivity contribution in [2.24, 2.45) is 0 Å². The van der Waals surface area contributed by atoms with E-state index in [1.807, 2.05) is 17.8 Å². The zero-order chi connectivity index (χ0) is 11.7. The minimum Gasteiger partial charge on any atom is -0.265 e. The second kappa shape index (κ2) is 4.37. The van der Waals surface area contributed by atoms with Crippen LogP contribution in [0.4, 0.5) is 0 Å². The second-order valence-corrected chi connectivity index (χ2v) is 4.88. The summed E-state index contributed by atoms with van der Waals surface area (Å²) in [5, 5.41) is 4.51. The molecule has 2 heterocycles. The molecule has 0 radical (unpaired) electrons. The first-order chi connectivity index (χ1) is 7.58. The first-order valence-electron chi connectivity index (χ1n) is 5.18. The van der Waals surface area contributed by atoms with Gasteiger partial charge in [0.1, 0.15) is 0 Å². The molecule has 3 nitrogen and oxygen atoms in total. The molecule has 0 saturated heterocycles. The lowest BCUT2D eigenvalue weighted by Gasteiger charge is -2.04. The Morgan fingerprint density at radius 2 is 2.00 bits per heavy atom. The third kappa shape index (κ3) is 2.16. The fourth-order valence-electron chi connectivity index (χ4n) is 1.66. The highest BCUT2D eigenvalue weighted by Gasteiger charge is 2.07. The van der Waals surface area contributed by atoms with E-state index in [4.69, 9.17) is 0 Å². The summed E-state index contributed by atoms with van der Waals surface area (Å²) in [6, 6.07) is 2.07. The third-order valence-electron chi connectivity index (χ3n) is 2.84. The summed E-state index contributed by atoms with van der Waals surface area (Å²) in [6.45, 7) is 7.01. The topological polar surface area (TPSA) is 30.7 Å². The highest BCUT2D eigenvalue weighted by molar-refractivity contribution is 9.10. The van der Waals surface area contributed by atoms with E-state index < -0.39 is 0 Å². The van der Waals surface area contributed by atoms with Crippen LogP contribution in [0.2, 0.25) is 0 Å². The lowest BCUT2D eigenvalue weighted by molar-refractivity contribution is 0.656. The summed E-state index contributed by atoms with van der Waals surface area (Å²) in [5.74, 6) is 0. The van der Waals surface area contributed by atoms with E-state index in [2.05, 4.69) is 45.9 Å². The molecule has 0 unspecified atom stereocenters. The van der Waals surface area contributed by atoms with Gasteiger partial charge >= 0.3 is 0 Å². The molecule has 0 amide bonds. The number of rotatable bonds is 2. The Balaban J connectivity index is 2.30. The number of halogens is 1. The van der Waals surface area contributed by atoms with E-state index in [1.165, 1.54) is 11.3 Å². The van der Waals surface area contributed by atoms with Gasteiger partial charge in [0.25, 0.3) is 0 Å². The molecular formula is C12H14BrN3. The van der Waals surface area contributed by atoms with Gasteiger partial charge in [-0.05, 0) is 53.9 Å². The normalized spacial score (nSPS) is 10.8. The molecule has 0 bridgehead atoms. The van der Waals surface area contributed by atoms with Gasteiger partial charge < -0.3 is 0 Å². The molecule has 0 atom stereocenters. The predicted molar refractivity (Wildman–Crippen MR) is 67.5 cm³/mol. The van der Waals surface area contributed by atoms with Crippen LogP contribution < -0.4 is 0 Å². The zero-order valence-electron chi connectivity index (χ0n) is 9.66. The Morgan fingerprint density at radius 1 is 1.25 bits per heavy atom. The zero-order valence-corrected chi connectivity index (χ0v) is 11.2. The van der Waals surface area contributed by atoms with E-state index in [-0.39, 0.29) is 0 Å². The quantitative estimate of drug-likeness (QED) is 0.846. The van der Waals surface area contributed by atoms with Gasteiger partial charge in [0.15, 0.2) is 0 Å². The van der Waals surface area contributed by atoms with Crippen LogP contribution in [0.5, 0.6) is 0 Å². The fraction of sp³-hybridized carbons (Fsp3) is 0.333. The van der Waals surface area contributed by atoms with Gasteiger partial charge in [0, 0.05) is 22.6 Å². The van der Waals surface area contributed by atoms with Crippen molar-refractivity contribution in [2.75, 3.05) is 0 Å². The predicted octanol–water partition coefficient (Wildman–Crippen LogP) is 3.01. The number of aryl methyl sites for hydroxylation is 1. The van der Waals surface area contributed by atoms with Crippen LogP contribution in [-0.2, 0) is 6.54 Å². The Morgan fingerprint density at radius 3 is 2.56 bits per heavy atom. The number of hydrogen-bond acceptors (Lipinski definition) is 2. The van der Waals surface area contributed by atoms with E-state index in [0.29, 0.717) is 0 Å². The molecule has 0 fully saturated rings. The van der Waals surface area contributed by atoms with Crippen LogP contribution in [0.15, 0.2) is 22.9 Å². The summed E-state index contributed by atoms with van der Waals surface area (Å²) in [4.78, 5) is 4.15. The average molecular weight is 280 g/mol. The van der Waals surface area contributed by atoms with Crippen molar-refractivity contribution in [3.63, 3.8) is 0 Å². The molecule has 0 aliphatic carbocycles. The van der Waals surface area contributed by atoms with Crippen molar-refractivity contribution in [3.8, 4) is 0 Å². The SMILES string of the molecule is Cc1nn(Cc2cncc(Br)c2)c(C)c1C.